The fourth-order valence-electron chi connectivity index (χ4n) is 8.30. The minimum Gasteiger partial charge on any atom is -0.454 e. The number of hydrogen-bond acceptors (Lipinski definition) is 7. The van der Waals surface area contributed by atoms with E-state index in [1.54, 1.807) is 45.0 Å². The molecule has 0 aromatic rings. The second kappa shape index (κ2) is 8.46. The number of halogens is 1. The van der Waals surface area contributed by atoms with Gasteiger partial charge in [-0.1, -0.05) is 31.6 Å². The number of allylic oxidation sites excluding steroid dienone is 5. The summed E-state index contributed by atoms with van der Waals surface area (Å²) < 4.78 is 22.6. The SMILES string of the molecule is CC1C[C@H]2[C@@H]3CCC4=CC(=O)C=C[C@]4(C)[C@@]3(F)C(O)C[C@]2(C)[C@@]1(O)C(=O)COC(=O)C1=CN(C)C=CC1. The van der Waals surface area contributed by atoms with Gasteiger partial charge in [0, 0.05) is 36.4 Å². The molecule has 1 aliphatic heterocycles. The molecule has 37 heavy (non-hydrogen) atoms. The average molecular weight is 514 g/mol. The van der Waals surface area contributed by atoms with Crippen LogP contribution in [0.25, 0.3) is 0 Å². The summed E-state index contributed by atoms with van der Waals surface area (Å²) in [6.45, 7) is 4.68. The third kappa shape index (κ3) is 3.41. The normalized spacial score (nSPS) is 44.4. The summed E-state index contributed by atoms with van der Waals surface area (Å²) >= 11 is 0. The first-order chi connectivity index (χ1) is 17.3. The number of alkyl halides is 1. The molecule has 0 radical (unpaired) electrons. The van der Waals surface area contributed by atoms with Gasteiger partial charge in [0.1, 0.15) is 5.60 Å². The molecular formula is C29H36FNO6. The Balaban J connectivity index is 1.42. The molecule has 0 saturated heterocycles. The highest BCUT2D eigenvalue weighted by molar-refractivity contribution is 6.01. The van der Waals surface area contributed by atoms with Gasteiger partial charge in [0.25, 0.3) is 0 Å². The molecule has 0 aromatic heterocycles. The van der Waals surface area contributed by atoms with Crippen molar-refractivity contribution in [1.82, 2.24) is 4.90 Å². The van der Waals surface area contributed by atoms with Crippen molar-refractivity contribution in [2.75, 3.05) is 13.7 Å². The number of Topliss-reactive ketones (excluding diaryl/α,β-unsaturated/α-hetero) is 1. The monoisotopic (exact) mass is 513 g/mol. The van der Waals surface area contributed by atoms with E-state index < -0.39 is 58.4 Å². The Morgan fingerprint density at radius 2 is 2.00 bits per heavy atom. The molecule has 3 saturated carbocycles. The molecule has 5 aliphatic rings. The quantitative estimate of drug-likeness (QED) is 0.557. The molecule has 0 bridgehead atoms. The van der Waals surface area contributed by atoms with Gasteiger partial charge in [-0.15, -0.1) is 0 Å². The minimum absolute atomic E-state index is 0.114. The second-order valence-electron chi connectivity index (χ2n) is 12.1. The first-order valence-electron chi connectivity index (χ1n) is 13.1. The molecule has 200 valence electrons. The molecule has 7 nitrogen and oxygen atoms in total. The zero-order chi connectivity index (χ0) is 27.0. The van der Waals surface area contributed by atoms with Crippen molar-refractivity contribution in [2.24, 2.45) is 28.6 Å². The summed E-state index contributed by atoms with van der Waals surface area (Å²) in [6.07, 6.45) is 9.86. The van der Waals surface area contributed by atoms with Crippen LogP contribution in [-0.2, 0) is 19.1 Å². The predicted octanol–water partition coefficient (Wildman–Crippen LogP) is 3.18. The number of carbonyl (C=O) groups excluding carboxylic acids is 3. The summed E-state index contributed by atoms with van der Waals surface area (Å²) in [6, 6.07) is 0. The lowest BCUT2D eigenvalue weighted by molar-refractivity contribution is -0.219. The van der Waals surface area contributed by atoms with E-state index in [-0.39, 0.29) is 18.1 Å². The third-order valence-electron chi connectivity index (χ3n) is 10.3. The first-order valence-corrected chi connectivity index (χ1v) is 13.1. The van der Waals surface area contributed by atoms with Gasteiger partial charge in [-0.3, -0.25) is 9.59 Å². The van der Waals surface area contributed by atoms with Crippen molar-refractivity contribution in [3.8, 4) is 0 Å². The zero-order valence-corrected chi connectivity index (χ0v) is 21.9. The lowest BCUT2D eigenvalue weighted by Gasteiger charge is -2.62. The van der Waals surface area contributed by atoms with E-state index in [2.05, 4.69) is 0 Å². The van der Waals surface area contributed by atoms with Crippen LogP contribution in [0.2, 0.25) is 0 Å². The van der Waals surface area contributed by atoms with E-state index in [9.17, 15) is 24.6 Å². The van der Waals surface area contributed by atoms with E-state index >= 15 is 4.39 Å². The van der Waals surface area contributed by atoms with Gasteiger partial charge < -0.3 is 19.8 Å². The lowest BCUT2D eigenvalue weighted by Crippen LogP contribution is -2.69. The van der Waals surface area contributed by atoms with E-state index in [1.165, 1.54) is 12.2 Å². The number of hydrogen-bond donors (Lipinski definition) is 2. The van der Waals surface area contributed by atoms with Crippen molar-refractivity contribution < 1.29 is 33.7 Å². The summed E-state index contributed by atoms with van der Waals surface area (Å²) in [5, 5.41) is 23.4. The lowest BCUT2D eigenvalue weighted by atomic mass is 9.44. The molecule has 2 N–H and O–H groups in total. The maximum Gasteiger partial charge on any atom is 0.336 e. The van der Waals surface area contributed by atoms with Crippen molar-refractivity contribution in [3.63, 3.8) is 0 Å². The average Bonchev–Trinajstić information content (AvgIpc) is 3.05. The standard InChI is InChI=1S/C29H36FNO6/c1-17-12-22-21-8-7-19-13-20(32)9-10-26(19,2)28(21,30)23(33)14-27(22,3)29(17,36)24(34)16-37-25(35)18-6-5-11-31(4)15-18/h5,9-11,13,15,17,21-23,33,36H,6-8,12,14,16H2,1-4H3/t17?,21-,22-,23?,26-,27-,28-,29-/m0/s1. The molecule has 3 fully saturated rings. The van der Waals surface area contributed by atoms with E-state index in [1.807, 2.05) is 12.3 Å². The van der Waals surface area contributed by atoms with Crippen LogP contribution in [0.4, 0.5) is 4.39 Å². The van der Waals surface area contributed by atoms with Crippen LogP contribution in [-0.4, -0.2) is 63.7 Å². The molecule has 0 aromatic carbocycles. The van der Waals surface area contributed by atoms with Gasteiger partial charge in [-0.25, -0.2) is 9.18 Å². The number of ether oxygens (including phenoxy) is 1. The molecule has 2 unspecified atom stereocenters. The Morgan fingerprint density at radius 3 is 2.70 bits per heavy atom. The Morgan fingerprint density at radius 1 is 1.27 bits per heavy atom. The van der Waals surface area contributed by atoms with Crippen LogP contribution in [0.5, 0.6) is 0 Å². The smallest absolute Gasteiger partial charge is 0.336 e. The molecule has 1 heterocycles. The number of aliphatic hydroxyl groups excluding tert-OH is 1. The molecule has 4 aliphatic carbocycles. The van der Waals surface area contributed by atoms with Crippen molar-refractivity contribution in [1.29, 1.82) is 0 Å². The maximum absolute atomic E-state index is 17.2. The van der Waals surface area contributed by atoms with Gasteiger partial charge in [0.15, 0.2) is 18.1 Å². The molecule has 8 heteroatoms. The molecule has 8 atom stereocenters. The van der Waals surface area contributed by atoms with Crippen LogP contribution in [0.15, 0.2) is 47.9 Å². The summed E-state index contributed by atoms with van der Waals surface area (Å²) in [4.78, 5) is 39.9. The Hall–Kier alpha value is -2.58. The zero-order valence-electron chi connectivity index (χ0n) is 21.9. The minimum atomic E-state index is -2.04. The molecule has 0 spiro atoms. The van der Waals surface area contributed by atoms with Gasteiger partial charge in [-0.05, 0) is 62.8 Å². The first kappa shape index (κ1) is 26.0. The highest BCUT2D eigenvalue weighted by Crippen LogP contribution is 2.70. The Labute approximate surface area is 216 Å². The van der Waals surface area contributed by atoms with E-state index in [4.69, 9.17) is 4.74 Å². The Kier molecular flexibility index (Phi) is 5.96. The summed E-state index contributed by atoms with van der Waals surface area (Å²) in [5.41, 5.74) is -5.07. The summed E-state index contributed by atoms with van der Waals surface area (Å²) in [7, 11) is 1.78. The van der Waals surface area contributed by atoms with Gasteiger partial charge in [0.2, 0.25) is 5.78 Å². The largest absolute Gasteiger partial charge is 0.454 e. The molecular weight excluding hydrogens is 477 g/mol. The van der Waals surface area contributed by atoms with Gasteiger partial charge in [-0.2, -0.15) is 0 Å². The third-order valence-corrected chi connectivity index (χ3v) is 10.3. The van der Waals surface area contributed by atoms with Crippen LogP contribution < -0.4 is 0 Å². The second-order valence-corrected chi connectivity index (χ2v) is 12.1. The number of fused-ring (bicyclic) bond motifs is 5. The van der Waals surface area contributed by atoms with Crippen LogP contribution in [0.3, 0.4) is 0 Å². The number of carbonyl (C=O) groups is 3. The van der Waals surface area contributed by atoms with Crippen LogP contribution in [0, 0.1) is 28.6 Å². The predicted molar refractivity (Wildman–Crippen MR) is 133 cm³/mol. The number of nitrogens with zero attached hydrogens (tertiary/aromatic N) is 1. The molecule has 0 amide bonds. The maximum atomic E-state index is 17.2. The summed E-state index contributed by atoms with van der Waals surface area (Å²) in [5.74, 6) is -2.92. The fourth-order valence-corrected chi connectivity index (χ4v) is 8.30. The van der Waals surface area contributed by atoms with Crippen LogP contribution >= 0.6 is 0 Å². The number of aliphatic hydroxyl groups is 2. The van der Waals surface area contributed by atoms with E-state index in [0.29, 0.717) is 36.8 Å². The van der Waals surface area contributed by atoms with E-state index in [0.717, 1.165) is 0 Å². The van der Waals surface area contributed by atoms with Crippen molar-refractivity contribution >= 4 is 17.5 Å². The van der Waals surface area contributed by atoms with Gasteiger partial charge >= 0.3 is 5.97 Å². The van der Waals surface area contributed by atoms with Crippen molar-refractivity contribution in [2.45, 2.75) is 70.2 Å². The number of ketones is 2. The highest BCUT2D eigenvalue weighted by Gasteiger charge is 2.75. The van der Waals surface area contributed by atoms with Gasteiger partial charge in [0.05, 0.1) is 11.7 Å². The topological polar surface area (TPSA) is 104 Å². The number of rotatable bonds is 4. The van der Waals surface area contributed by atoms with Crippen LogP contribution in [0.1, 0.15) is 52.9 Å². The fraction of sp³-hybridized carbons (Fsp3) is 0.621. The highest BCUT2D eigenvalue weighted by atomic mass is 19.1. The molecule has 5 rings (SSSR count). The van der Waals surface area contributed by atoms with Crippen molar-refractivity contribution in [3.05, 3.63) is 47.9 Å². The number of esters is 1. The Bertz CT molecular complexity index is 1170.